The molecule has 3 heteroatoms. The van der Waals surface area contributed by atoms with Gasteiger partial charge in [-0.1, -0.05) is 26.2 Å². The largest absolute Gasteiger partial charge is 0.497 e. The van der Waals surface area contributed by atoms with Gasteiger partial charge in [0.2, 0.25) is 0 Å². The minimum absolute atomic E-state index is 0.528. The zero-order valence-corrected chi connectivity index (χ0v) is 10.5. The quantitative estimate of drug-likeness (QED) is 0.676. The molecule has 17 heavy (non-hydrogen) atoms. The summed E-state index contributed by atoms with van der Waals surface area (Å²) < 4.78 is 10.7. The smallest absolute Gasteiger partial charge is 0.137 e. The second kappa shape index (κ2) is 7.56. The molecule has 0 saturated heterocycles. The number of hydrogen-bond acceptors (Lipinski definition) is 3. The Bertz CT molecular complexity index is 382. The predicted octanol–water partition coefficient (Wildman–Crippen LogP) is 3.53. The van der Waals surface area contributed by atoms with Crippen molar-refractivity contribution in [3.05, 3.63) is 23.8 Å². The monoisotopic (exact) mass is 233 g/mol. The van der Waals surface area contributed by atoms with Crippen molar-refractivity contribution in [3.8, 4) is 17.6 Å². The van der Waals surface area contributed by atoms with E-state index in [-0.39, 0.29) is 0 Å². The van der Waals surface area contributed by atoms with Crippen LogP contribution in [0.4, 0.5) is 0 Å². The molecular formula is C14H19NO2. The molecule has 0 N–H and O–H groups in total. The molecule has 0 atom stereocenters. The molecule has 1 aromatic carbocycles. The molecule has 92 valence electrons. The molecular weight excluding hydrogens is 214 g/mol. The molecule has 1 rings (SSSR count). The summed E-state index contributed by atoms with van der Waals surface area (Å²) in [7, 11) is 1.59. The Morgan fingerprint density at radius 1 is 1.24 bits per heavy atom. The van der Waals surface area contributed by atoms with Gasteiger partial charge in [-0.05, 0) is 18.6 Å². The number of rotatable bonds is 7. The van der Waals surface area contributed by atoms with Crippen molar-refractivity contribution >= 4 is 0 Å². The van der Waals surface area contributed by atoms with Crippen LogP contribution in [0.25, 0.3) is 0 Å². The number of nitriles is 1. The van der Waals surface area contributed by atoms with Crippen LogP contribution in [0.1, 0.15) is 38.2 Å². The van der Waals surface area contributed by atoms with Gasteiger partial charge in [0.05, 0.1) is 19.3 Å². The number of ether oxygens (including phenoxy) is 2. The minimum Gasteiger partial charge on any atom is -0.497 e. The molecule has 3 nitrogen and oxygen atoms in total. The van der Waals surface area contributed by atoms with Gasteiger partial charge in [-0.15, -0.1) is 0 Å². The van der Waals surface area contributed by atoms with E-state index in [1.165, 1.54) is 19.3 Å². The van der Waals surface area contributed by atoms with Crippen LogP contribution < -0.4 is 9.47 Å². The lowest BCUT2D eigenvalue weighted by Gasteiger charge is -2.08. The van der Waals surface area contributed by atoms with E-state index in [1.807, 2.05) is 6.07 Å². The molecule has 0 radical (unpaired) electrons. The third-order valence-corrected chi connectivity index (χ3v) is 2.56. The standard InChI is InChI=1S/C14H19NO2/c1-3-4-5-6-9-17-14-8-7-13(16-2)10-12(14)11-15/h7-8,10H,3-6,9H2,1-2H3. The highest BCUT2D eigenvalue weighted by Gasteiger charge is 2.04. The first kappa shape index (κ1) is 13.4. The molecule has 0 spiro atoms. The molecule has 0 saturated carbocycles. The Balaban J connectivity index is 2.50. The normalized spacial score (nSPS) is 9.71. The van der Waals surface area contributed by atoms with Crippen LogP contribution in [0, 0.1) is 11.3 Å². The number of hydrogen-bond donors (Lipinski definition) is 0. The summed E-state index contributed by atoms with van der Waals surface area (Å²) in [6.07, 6.45) is 4.66. The van der Waals surface area contributed by atoms with Gasteiger partial charge in [0.25, 0.3) is 0 Å². The van der Waals surface area contributed by atoms with E-state index in [0.29, 0.717) is 23.7 Å². The summed E-state index contributed by atoms with van der Waals surface area (Å²) >= 11 is 0. The highest BCUT2D eigenvalue weighted by molar-refractivity contribution is 5.47. The number of methoxy groups -OCH3 is 1. The summed E-state index contributed by atoms with van der Waals surface area (Å²) in [5.74, 6) is 1.32. The minimum atomic E-state index is 0.528. The van der Waals surface area contributed by atoms with E-state index in [4.69, 9.17) is 14.7 Å². The Labute approximate surface area is 103 Å². The molecule has 0 aromatic heterocycles. The van der Waals surface area contributed by atoms with Gasteiger partial charge in [0, 0.05) is 6.07 Å². The fraction of sp³-hybridized carbons (Fsp3) is 0.500. The average Bonchev–Trinajstić information content (AvgIpc) is 2.38. The second-order valence-corrected chi connectivity index (χ2v) is 3.88. The summed E-state index contributed by atoms with van der Waals surface area (Å²) in [6.45, 7) is 2.85. The lowest BCUT2D eigenvalue weighted by Crippen LogP contribution is -1.99. The maximum atomic E-state index is 8.99. The van der Waals surface area contributed by atoms with Crippen LogP contribution in [0.5, 0.6) is 11.5 Å². The van der Waals surface area contributed by atoms with Crippen molar-refractivity contribution in [2.24, 2.45) is 0 Å². The first-order valence-corrected chi connectivity index (χ1v) is 6.02. The maximum absolute atomic E-state index is 8.99. The Kier molecular flexibility index (Phi) is 5.95. The van der Waals surface area contributed by atoms with Crippen LogP contribution >= 0.6 is 0 Å². The van der Waals surface area contributed by atoms with Gasteiger partial charge in [0.15, 0.2) is 0 Å². The van der Waals surface area contributed by atoms with Crippen LogP contribution in [-0.4, -0.2) is 13.7 Å². The Morgan fingerprint density at radius 2 is 2.06 bits per heavy atom. The van der Waals surface area contributed by atoms with Gasteiger partial charge in [-0.2, -0.15) is 5.26 Å². The maximum Gasteiger partial charge on any atom is 0.137 e. The zero-order chi connectivity index (χ0) is 12.5. The molecule has 0 fully saturated rings. The Morgan fingerprint density at radius 3 is 2.71 bits per heavy atom. The van der Waals surface area contributed by atoms with E-state index in [9.17, 15) is 0 Å². The van der Waals surface area contributed by atoms with Crippen LogP contribution in [-0.2, 0) is 0 Å². The highest BCUT2D eigenvalue weighted by atomic mass is 16.5. The molecule has 0 aliphatic carbocycles. The Hall–Kier alpha value is -1.69. The van der Waals surface area contributed by atoms with Crippen molar-refractivity contribution in [1.29, 1.82) is 5.26 Å². The summed E-state index contributed by atoms with van der Waals surface area (Å²) in [5.41, 5.74) is 0.528. The van der Waals surface area contributed by atoms with Crippen molar-refractivity contribution in [3.63, 3.8) is 0 Å². The topological polar surface area (TPSA) is 42.2 Å². The fourth-order valence-electron chi connectivity index (χ4n) is 1.56. The molecule has 1 aromatic rings. The van der Waals surface area contributed by atoms with Crippen molar-refractivity contribution < 1.29 is 9.47 Å². The SMILES string of the molecule is CCCCCCOc1ccc(OC)cc1C#N. The predicted molar refractivity (Wildman–Crippen MR) is 67.3 cm³/mol. The van der Waals surface area contributed by atoms with E-state index in [0.717, 1.165) is 6.42 Å². The molecule has 0 heterocycles. The number of nitrogens with zero attached hydrogens (tertiary/aromatic N) is 1. The van der Waals surface area contributed by atoms with Gasteiger partial charge in [-0.3, -0.25) is 0 Å². The molecule has 0 aliphatic heterocycles. The highest BCUT2D eigenvalue weighted by Crippen LogP contribution is 2.23. The van der Waals surface area contributed by atoms with Crippen LogP contribution in [0.3, 0.4) is 0 Å². The van der Waals surface area contributed by atoms with Crippen LogP contribution in [0.2, 0.25) is 0 Å². The lowest BCUT2D eigenvalue weighted by molar-refractivity contribution is 0.303. The second-order valence-electron chi connectivity index (χ2n) is 3.88. The van der Waals surface area contributed by atoms with Gasteiger partial charge in [-0.25, -0.2) is 0 Å². The third kappa shape index (κ3) is 4.36. The van der Waals surface area contributed by atoms with Crippen molar-refractivity contribution in [1.82, 2.24) is 0 Å². The lowest BCUT2D eigenvalue weighted by atomic mass is 10.2. The fourth-order valence-corrected chi connectivity index (χ4v) is 1.56. The molecule has 0 bridgehead atoms. The zero-order valence-electron chi connectivity index (χ0n) is 10.5. The number of benzene rings is 1. The molecule has 0 unspecified atom stereocenters. The average molecular weight is 233 g/mol. The van der Waals surface area contributed by atoms with Crippen molar-refractivity contribution in [2.75, 3.05) is 13.7 Å². The molecule has 0 aliphatic rings. The first-order chi connectivity index (χ1) is 8.31. The van der Waals surface area contributed by atoms with Crippen LogP contribution in [0.15, 0.2) is 18.2 Å². The third-order valence-electron chi connectivity index (χ3n) is 2.56. The van der Waals surface area contributed by atoms with E-state index >= 15 is 0 Å². The van der Waals surface area contributed by atoms with E-state index in [1.54, 1.807) is 19.2 Å². The van der Waals surface area contributed by atoms with Gasteiger partial charge < -0.3 is 9.47 Å². The van der Waals surface area contributed by atoms with Crippen molar-refractivity contribution in [2.45, 2.75) is 32.6 Å². The van der Waals surface area contributed by atoms with Gasteiger partial charge >= 0.3 is 0 Å². The summed E-state index contributed by atoms with van der Waals surface area (Å²) in [4.78, 5) is 0. The molecule has 0 amide bonds. The summed E-state index contributed by atoms with van der Waals surface area (Å²) in [6, 6.07) is 7.41. The van der Waals surface area contributed by atoms with E-state index in [2.05, 4.69) is 13.0 Å². The summed E-state index contributed by atoms with van der Waals surface area (Å²) in [5, 5.41) is 8.99. The van der Waals surface area contributed by atoms with E-state index < -0.39 is 0 Å². The first-order valence-electron chi connectivity index (χ1n) is 6.02. The van der Waals surface area contributed by atoms with Gasteiger partial charge in [0.1, 0.15) is 17.6 Å². The number of unbranched alkanes of at least 4 members (excludes halogenated alkanes) is 3.